The molecule has 2 amide bonds. The number of hydrogen-bond donors (Lipinski definition) is 2. The maximum atomic E-state index is 12.3. The molecule has 0 atom stereocenters. The first-order valence-corrected chi connectivity index (χ1v) is 9.57. The van der Waals surface area contributed by atoms with Gasteiger partial charge in [0, 0.05) is 24.8 Å². The molecule has 1 aromatic heterocycles. The standard InChI is InChI=1S/C21H26N4O3/c1-3-28-21(27)25-11-9-16(10-12-25)23-18-7-8-19(22-14-18)20(26)24-17-6-4-5-15(2)13-17/h4-8,13-14,16,23H,3,9-12H2,1-2H3,(H,24,26). The highest BCUT2D eigenvalue weighted by Crippen LogP contribution is 2.17. The Balaban J connectivity index is 1.51. The molecule has 2 N–H and O–H groups in total. The number of carbonyl (C=O) groups is 2. The van der Waals surface area contributed by atoms with Crippen molar-refractivity contribution in [3.05, 3.63) is 53.9 Å². The molecular formula is C21H26N4O3. The van der Waals surface area contributed by atoms with E-state index in [1.165, 1.54) is 0 Å². The maximum Gasteiger partial charge on any atom is 0.409 e. The number of aromatic nitrogens is 1. The first-order valence-electron chi connectivity index (χ1n) is 9.57. The van der Waals surface area contributed by atoms with Gasteiger partial charge in [-0.15, -0.1) is 0 Å². The minimum atomic E-state index is -0.244. The second kappa shape index (κ2) is 9.21. The Morgan fingerprint density at radius 1 is 1.18 bits per heavy atom. The predicted octanol–water partition coefficient (Wildman–Crippen LogP) is 3.68. The van der Waals surface area contributed by atoms with Crippen molar-refractivity contribution in [3.8, 4) is 0 Å². The summed E-state index contributed by atoms with van der Waals surface area (Å²) in [4.78, 5) is 30.1. The Bertz CT molecular complexity index is 815. The van der Waals surface area contributed by atoms with Gasteiger partial charge in [0.1, 0.15) is 5.69 Å². The number of nitrogens with one attached hydrogen (secondary N) is 2. The van der Waals surface area contributed by atoms with Gasteiger partial charge in [-0.2, -0.15) is 0 Å². The van der Waals surface area contributed by atoms with Crippen molar-refractivity contribution in [2.45, 2.75) is 32.7 Å². The summed E-state index contributed by atoms with van der Waals surface area (Å²) in [6.45, 7) is 5.52. The van der Waals surface area contributed by atoms with Crippen molar-refractivity contribution in [1.29, 1.82) is 0 Å². The average Bonchev–Trinajstić information content (AvgIpc) is 2.69. The van der Waals surface area contributed by atoms with E-state index in [2.05, 4.69) is 15.6 Å². The summed E-state index contributed by atoms with van der Waals surface area (Å²) in [6, 6.07) is 11.5. The van der Waals surface area contributed by atoms with E-state index in [4.69, 9.17) is 4.74 Å². The lowest BCUT2D eigenvalue weighted by Gasteiger charge is -2.32. The first-order chi connectivity index (χ1) is 13.5. The third-order valence-corrected chi connectivity index (χ3v) is 4.66. The van der Waals surface area contributed by atoms with Crippen LogP contribution in [0, 0.1) is 6.92 Å². The van der Waals surface area contributed by atoms with Crippen LogP contribution in [0.15, 0.2) is 42.6 Å². The van der Waals surface area contributed by atoms with Crippen LogP contribution in [0.3, 0.4) is 0 Å². The molecule has 1 aromatic carbocycles. The molecule has 1 fully saturated rings. The Morgan fingerprint density at radius 2 is 1.96 bits per heavy atom. The molecular weight excluding hydrogens is 356 g/mol. The summed E-state index contributed by atoms with van der Waals surface area (Å²) in [5.74, 6) is -0.236. The Kier molecular flexibility index (Phi) is 6.47. The summed E-state index contributed by atoms with van der Waals surface area (Å²) in [6.07, 6.45) is 3.11. The molecule has 0 unspecified atom stereocenters. The van der Waals surface area contributed by atoms with Gasteiger partial charge in [0.15, 0.2) is 0 Å². The van der Waals surface area contributed by atoms with E-state index in [0.717, 1.165) is 29.8 Å². The van der Waals surface area contributed by atoms with Crippen LogP contribution in [0.1, 0.15) is 35.8 Å². The number of hydrogen-bond acceptors (Lipinski definition) is 5. The number of benzene rings is 1. The molecule has 7 heteroatoms. The van der Waals surface area contributed by atoms with Gasteiger partial charge < -0.3 is 20.3 Å². The largest absolute Gasteiger partial charge is 0.450 e. The van der Waals surface area contributed by atoms with Crippen molar-refractivity contribution in [3.63, 3.8) is 0 Å². The van der Waals surface area contributed by atoms with Gasteiger partial charge in [-0.05, 0) is 56.5 Å². The van der Waals surface area contributed by atoms with Gasteiger partial charge >= 0.3 is 6.09 Å². The third-order valence-electron chi connectivity index (χ3n) is 4.66. The molecule has 7 nitrogen and oxygen atoms in total. The molecule has 0 radical (unpaired) electrons. The summed E-state index contributed by atoms with van der Waals surface area (Å²) < 4.78 is 5.04. The summed E-state index contributed by atoms with van der Waals surface area (Å²) in [5, 5.41) is 6.28. The van der Waals surface area contributed by atoms with Crippen LogP contribution in [0.25, 0.3) is 0 Å². The second-order valence-corrected chi connectivity index (χ2v) is 6.86. The quantitative estimate of drug-likeness (QED) is 0.824. The number of piperidine rings is 1. The van der Waals surface area contributed by atoms with Gasteiger partial charge in [-0.3, -0.25) is 4.79 Å². The predicted molar refractivity (Wildman–Crippen MR) is 109 cm³/mol. The Morgan fingerprint density at radius 3 is 2.61 bits per heavy atom. The van der Waals surface area contributed by atoms with Crippen LogP contribution < -0.4 is 10.6 Å². The topological polar surface area (TPSA) is 83.6 Å². The number of carbonyl (C=O) groups excluding carboxylic acids is 2. The van der Waals surface area contributed by atoms with E-state index in [1.54, 1.807) is 17.2 Å². The van der Waals surface area contributed by atoms with Crippen molar-refractivity contribution in [1.82, 2.24) is 9.88 Å². The number of anilines is 2. The summed E-state index contributed by atoms with van der Waals surface area (Å²) >= 11 is 0. The van der Waals surface area contributed by atoms with Crippen molar-refractivity contribution in [2.75, 3.05) is 30.3 Å². The zero-order valence-corrected chi connectivity index (χ0v) is 16.3. The van der Waals surface area contributed by atoms with Crippen molar-refractivity contribution >= 4 is 23.4 Å². The van der Waals surface area contributed by atoms with Crippen LogP contribution >= 0.6 is 0 Å². The molecule has 28 heavy (non-hydrogen) atoms. The average molecular weight is 382 g/mol. The van der Waals surface area contributed by atoms with E-state index in [9.17, 15) is 9.59 Å². The van der Waals surface area contributed by atoms with Crippen LogP contribution in [-0.2, 0) is 4.74 Å². The third kappa shape index (κ3) is 5.22. The molecule has 1 aliphatic heterocycles. The normalized spacial score (nSPS) is 14.4. The van der Waals surface area contributed by atoms with E-state index < -0.39 is 0 Å². The van der Waals surface area contributed by atoms with Gasteiger partial charge in [0.05, 0.1) is 18.5 Å². The van der Waals surface area contributed by atoms with Crippen molar-refractivity contribution < 1.29 is 14.3 Å². The molecule has 0 aliphatic carbocycles. The number of amides is 2. The summed E-state index contributed by atoms with van der Waals surface area (Å²) in [5.41, 5.74) is 3.06. The highest BCUT2D eigenvalue weighted by Gasteiger charge is 2.23. The van der Waals surface area contributed by atoms with Crippen LogP contribution in [0.4, 0.5) is 16.2 Å². The number of aryl methyl sites for hydroxylation is 1. The van der Waals surface area contributed by atoms with Gasteiger partial charge in [-0.25, -0.2) is 9.78 Å². The Labute approximate surface area is 165 Å². The van der Waals surface area contributed by atoms with E-state index in [-0.39, 0.29) is 18.0 Å². The molecule has 0 bridgehead atoms. The van der Waals surface area contributed by atoms with Gasteiger partial charge in [-0.1, -0.05) is 12.1 Å². The fourth-order valence-electron chi connectivity index (χ4n) is 3.19. The second-order valence-electron chi connectivity index (χ2n) is 6.86. The zero-order chi connectivity index (χ0) is 19.9. The van der Waals surface area contributed by atoms with Crippen molar-refractivity contribution in [2.24, 2.45) is 0 Å². The molecule has 148 valence electrons. The van der Waals surface area contributed by atoms with E-state index >= 15 is 0 Å². The summed E-state index contributed by atoms with van der Waals surface area (Å²) in [7, 11) is 0. The Hall–Kier alpha value is -3.09. The lowest BCUT2D eigenvalue weighted by atomic mass is 10.1. The number of nitrogens with zero attached hydrogens (tertiary/aromatic N) is 2. The van der Waals surface area contributed by atoms with Gasteiger partial charge in [0.2, 0.25) is 0 Å². The fraction of sp³-hybridized carbons (Fsp3) is 0.381. The fourth-order valence-corrected chi connectivity index (χ4v) is 3.19. The zero-order valence-electron chi connectivity index (χ0n) is 16.3. The minimum Gasteiger partial charge on any atom is -0.450 e. The van der Waals surface area contributed by atoms with Crippen LogP contribution in [0.2, 0.25) is 0 Å². The molecule has 1 saturated heterocycles. The highest BCUT2D eigenvalue weighted by molar-refractivity contribution is 6.02. The smallest absolute Gasteiger partial charge is 0.409 e. The molecule has 1 aliphatic rings. The lowest BCUT2D eigenvalue weighted by Crippen LogP contribution is -2.42. The van der Waals surface area contributed by atoms with E-state index in [0.29, 0.717) is 25.4 Å². The lowest BCUT2D eigenvalue weighted by molar-refractivity contribution is 0.0982. The molecule has 0 saturated carbocycles. The number of likely N-dealkylation sites (tertiary alicyclic amines) is 1. The molecule has 2 heterocycles. The molecule has 2 aromatic rings. The van der Waals surface area contributed by atoms with Crippen LogP contribution in [0.5, 0.6) is 0 Å². The first kappa shape index (κ1) is 19.7. The monoisotopic (exact) mass is 382 g/mol. The number of rotatable bonds is 5. The molecule has 0 spiro atoms. The number of pyridine rings is 1. The SMILES string of the molecule is CCOC(=O)N1CCC(Nc2ccc(C(=O)Nc3cccc(C)c3)nc2)CC1. The minimum absolute atomic E-state index is 0.236. The van der Waals surface area contributed by atoms with Gasteiger partial charge in [0.25, 0.3) is 5.91 Å². The van der Waals surface area contributed by atoms with E-state index in [1.807, 2.05) is 44.2 Å². The highest BCUT2D eigenvalue weighted by atomic mass is 16.6. The maximum absolute atomic E-state index is 12.3. The van der Waals surface area contributed by atoms with Crippen LogP contribution in [-0.4, -0.2) is 47.6 Å². The molecule has 3 rings (SSSR count). The number of ether oxygens (including phenoxy) is 1.